The van der Waals surface area contributed by atoms with Crippen LogP contribution in [-0.2, 0) is 6.54 Å². The van der Waals surface area contributed by atoms with Gasteiger partial charge in [-0.1, -0.05) is 25.5 Å². The molecule has 2 aromatic rings. The Hall–Kier alpha value is -1.57. The second-order valence-electron chi connectivity index (χ2n) is 5.56. The lowest BCUT2D eigenvalue weighted by Gasteiger charge is -2.21. The maximum Gasteiger partial charge on any atom is 0.193 e. The van der Waals surface area contributed by atoms with Crippen LogP contribution in [0.3, 0.4) is 0 Å². The van der Waals surface area contributed by atoms with E-state index < -0.39 is 0 Å². The minimum atomic E-state index is 0. The molecule has 0 unspecified atom stereocenters. The highest BCUT2D eigenvalue weighted by Gasteiger charge is 2.04. The lowest BCUT2D eigenvalue weighted by atomic mass is 10.2. The van der Waals surface area contributed by atoms with Gasteiger partial charge < -0.3 is 10.2 Å². The van der Waals surface area contributed by atoms with Gasteiger partial charge in [0, 0.05) is 32.5 Å². The molecule has 1 aromatic carbocycles. The molecule has 1 N–H and O–H groups in total. The van der Waals surface area contributed by atoms with Crippen LogP contribution in [-0.4, -0.2) is 40.8 Å². The van der Waals surface area contributed by atoms with Gasteiger partial charge in [0.25, 0.3) is 0 Å². The van der Waals surface area contributed by atoms with Crippen molar-refractivity contribution in [3.8, 4) is 5.69 Å². The van der Waals surface area contributed by atoms with E-state index in [9.17, 15) is 0 Å². The lowest BCUT2D eigenvalue weighted by Crippen LogP contribution is -2.39. The fourth-order valence-corrected chi connectivity index (χ4v) is 2.31. The van der Waals surface area contributed by atoms with E-state index >= 15 is 0 Å². The van der Waals surface area contributed by atoms with Crippen LogP contribution in [0.1, 0.15) is 32.3 Å². The number of nitrogens with one attached hydrogen (secondary N) is 1. The number of benzene rings is 1. The van der Waals surface area contributed by atoms with Gasteiger partial charge in [0.05, 0.1) is 12.2 Å². The third kappa shape index (κ3) is 6.14. The summed E-state index contributed by atoms with van der Waals surface area (Å²) in [5.41, 5.74) is 2.26. The van der Waals surface area contributed by atoms with Crippen molar-refractivity contribution in [1.82, 2.24) is 20.0 Å². The van der Waals surface area contributed by atoms with Crippen LogP contribution >= 0.6 is 24.0 Å². The number of guanidine groups is 1. The Morgan fingerprint density at radius 2 is 2.00 bits per heavy atom. The summed E-state index contributed by atoms with van der Waals surface area (Å²) in [6, 6.07) is 10.3. The van der Waals surface area contributed by atoms with E-state index in [2.05, 4.69) is 60.5 Å². The number of hydrogen-bond donors (Lipinski definition) is 1. The largest absolute Gasteiger partial charge is 0.357 e. The van der Waals surface area contributed by atoms with Crippen LogP contribution in [0.5, 0.6) is 0 Å². The van der Waals surface area contributed by atoms with Crippen LogP contribution < -0.4 is 5.32 Å². The number of unbranched alkanes of at least 4 members (excludes halogenated alkanes) is 1. The highest BCUT2D eigenvalue weighted by Crippen LogP contribution is 2.09. The first-order chi connectivity index (χ1) is 11.2. The van der Waals surface area contributed by atoms with Crippen molar-refractivity contribution in [2.75, 3.05) is 20.1 Å². The summed E-state index contributed by atoms with van der Waals surface area (Å²) in [5.74, 6) is 0.970. The van der Waals surface area contributed by atoms with Crippen LogP contribution in [0, 0.1) is 0 Å². The van der Waals surface area contributed by atoms with Crippen LogP contribution in [0.4, 0.5) is 0 Å². The molecule has 6 heteroatoms. The summed E-state index contributed by atoms with van der Waals surface area (Å²) in [6.07, 6.45) is 6.10. The molecule has 24 heavy (non-hydrogen) atoms. The highest BCUT2D eigenvalue weighted by atomic mass is 127. The molecule has 5 nitrogen and oxygen atoms in total. The van der Waals surface area contributed by atoms with Crippen LogP contribution in [0.2, 0.25) is 0 Å². The lowest BCUT2D eigenvalue weighted by molar-refractivity contribution is 0.465. The Balaban J connectivity index is 0.00000288. The second-order valence-corrected chi connectivity index (χ2v) is 5.56. The number of hydrogen-bond acceptors (Lipinski definition) is 2. The molecule has 0 atom stereocenters. The van der Waals surface area contributed by atoms with Gasteiger partial charge in [0.15, 0.2) is 5.96 Å². The molecule has 0 aliphatic heterocycles. The zero-order chi connectivity index (χ0) is 16.5. The Morgan fingerprint density at radius 1 is 1.25 bits per heavy atom. The average molecular weight is 441 g/mol. The maximum absolute atomic E-state index is 4.74. The molecule has 0 aliphatic rings. The van der Waals surface area contributed by atoms with E-state index in [0.717, 1.165) is 24.7 Å². The van der Waals surface area contributed by atoms with Crippen LogP contribution in [0.25, 0.3) is 5.69 Å². The van der Waals surface area contributed by atoms with E-state index in [1.807, 2.05) is 16.9 Å². The summed E-state index contributed by atoms with van der Waals surface area (Å²) in [7, 11) is 2.10. The van der Waals surface area contributed by atoms with Gasteiger partial charge in [-0.05, 0) is 37.1 Å². The highest BCUT2D eigenvalue weighted by molar-refractivity contribution is 14.0. The molecule has 1 heterocycles. The van der Waals surface area contributed by atoms with Crippen LogP contribution in [0.15, 0.2) is 47.7 Å². The molecular weight excluding hydrogens is 413 g/mol. The van der Waals surface area contributed by atoms with Crippen molar-refractivity contribution in [2.45, 2.75) is 33.2 Å². The van der Waals surface area contributed by atoms with Gasteiger partial charge in [-0.25, -0.2) is 9.67 Å². The first-order valence-corrected chi connectivity index (χ1v) is 8.33. The molecular formula is C18H28IN5. The van der Waals surface area contributed by atoms with Crippen molar-refractivity contribution >= 4 is 29.9 Å². The standard InChI is InChI=1S/C18H27N5.HI/c1-4-6-13-22(3)18(19-5-2)20-15-16-8-10-17(11-9-16)23-14-7-12-21-23;/h7-12,14H,4-6,13,15H2,1-3H3,(H,19,20);1H. The van der Waals surface area contributed by atoms with Gasteiger partial charge in [0.2, 0.25) is 0 Å². The molecule has 0 spiro atoms. The predicted octanol–water partition coefficient (Wildman–Crippen LogP) is 3.69. The van der Waals surface area contributed by atoms with Crippen molar-refractivity contribution in [3.05, 3.63) is 48.3 Å². The number of aromatic nitrogens is 2. The fraction of sp³-hybridized carbons (Fsp3) is 0.444. The smallest absolute Gasteiger partial charge is 0.193 e. The first kappa shape index (κ1) is 20.5. The minimum Gasteiger partial charge on any atom is -0.357 e. The zero-order valence-electron chi connectivity index (χ0n) is 14.8. The van der Waals surface area contributed by atoms with Gasteiger partial charge in [-0.3, -0.25) is 0 Å². The molecule has 132 valence electrons. The number of halogens is 1. The van der Waals surface area contributed by atoms with Gasteiger partial charge >= 0.3 is 0 Å². The Labute approximate surface area is 162 Å². The van der Waals surface area contributed by atoms with E-state index in [1.165, 1.54) is 18.4 Å². The SMILES string of the molecule is CCCCN(C)C(=NCc1ccc(-n2cccn2)cc1)NCC.I. The minimum absolute atomic E-state index is 0. The molecule has 2 rings (SSSR count). The van der Waals surface area contributed by atoms with E-state index in [1.54, 1.807) is 6.20 Å². The summed E-state index contributed by atoms with van der Waals surface area (Å²) in [5, 5.41) is 7.60. The van der Waals surface area contributed by atoms with E-state index in [0.29, 0.717) is 6.54 Å². The molecule has 0 saturated heterocycles. The maximum atomic E-state index is 4.74. The summed E-state index contributed by atoms with van der Waals surface area (Å²) in [4.78, 5) is 6.94. The number of nitrogens with zero attached hydrogens (tertiary/aromatic N) is 4. The van der Waals surface area contributed by atoms with Crippen molar-refractivity contribution in [1.29, 1.82) is 0 Å². The Kier molecular flexibility index (Phi) is 9.44. The average Bonchev–Trinajstić information content (AvgIpc) is 3.11. The monoisotopic (exact) mass is 441 g/mol. The third-order valence-corrected chi connectivity index (χ3v) is 3.66. The third-order valence-electron chi connectivity index (χ3n) is 3.66. The number of aliphatic imine (C=N–C) groups is 1. The van der Waals surface area contributed by atoms with Crippen molar-refractivity contribution in [3.63, 3.8) is 0 Å². The zero-order valence-corrected chi connectivity index (χ0v) is 17.1. The van der Waals surface area contributed by atoms with Gasteiger partial charge in [-0.2, -0.15) is 5.10 Å². The Bertz CT molecular complexity index is 592. The second kappa shape index (κ2) is 11.1. The first-order valence-electron chi connectivity index (χ1n) is 8.33. The van der Waals surface area contributed by atoms with Crippen molar-refractivity contribution < 1.29 is 0 Å². The summed E-state index contributed by atoms with van der Waals surface area (Å²) < 4.78 is 1.86. The molecule has 0 aliphatic carbocycles. The molecule has 0 amide bonds. The predicted molar refractivity (Wildman–Crippen MR) is 111 cm³/mol. The molecule has 0 bridgehead atoms. The fourth-order valence-electron chi connectivity index (χ4n) is 2.31. The molecule has 1 aromatic heterocycles. The van der Waals surface area contributed by atoms with Crippen molar-refractivity contribution in [2.24, 2.45) is 4.99 Å². The van der Waals surface area contributed by atoms with Gasteiger partial charge in [-0.15, -0.1) is 24.0 Å². The Morgan fingerprint density at radius 3 is 2.58 bits per heavy atom. The van der Waals surface area contributed by atoms with Gasteiger partial charge in [0.1, 0.15) is 0 Å². The summed E-state index contributed by atoms with van der Waals surface area (Å²) in [6.45, 7) is 6.90. The number of rotatable bonds is 7. The molecule has 0 fully saturated rings. The van der Waals surface area contributed by atoms with E-state index in [4.69, 9.17) is 4.99 Å². The topological polar surface area (TPSA) is 45.5 Å². The molecule has 0 saturated carbocycles. The van der Waals surface area contributed by atoms with E-state index in [-0.39, 0.29) is 24.0 Å². The quantitative estimate of drug-likeness (QED) is 0.405. The normalized spacial score (nSPS) is 11.0. The summed E-state index contributed by atoms with van der Waals surface area (Å²) >= 11 is 0. The molecule has 0 radical (unpaired) electrons.